The van der Waals surface area contributed by atoms with Crippen LogP contribution in [-0.4, -0.2) is 0 Å². The first-order valence-corrected chi connectivity index (χ1v) is 15.9. The molecule has 0 amide bonds. The van der Waals surface area contributed by atoms with E-state index in [1.165, 1.54) is 77.5 Å². The Bertz CT molecular complexity index is 2340. The van der Waals surface area contributed by atoms with Gasteiger partial charge in [-0.2, -0.15) is 0 Å². The number of rotatable bonds is 1. The molecule has 212 valence electrons. The maximum atomic E-state index is 6.88. The summed E-state index contributed by atoms with van der Waals surface area (Å²) in [5.74, 6) is 1.85. The van der Waals surface area contributed by atoms with E-state index in [1.54, 1.807) is 0 Å². The van der Waals surface area contributed by atoms with Crippen molar-refractivity contribution in [1.82, 2.24) is 0 Å². The molecular formula is C44H30O. The Hall–Kier alpha value is -5.40. The number of fused-ring (bicyclic) bond motifs is 13. The molecule has 7 aromatic rings. The number of hydrogen-bond donors (Lipinski definition) is 0. The molecule has 1 spiro atoms. The standard InChI is InChI=1S/C44H30O/c1-43(2)34-18-8-7-16-33(34)42-30(17-11-21-37(42)43)29-22-23-40-38(25-29)44(39-24-27-12-3-4-13-28(27)26-41(39)45-40)35-19-9-5-14-31(35)32-15-6-10-20-36(32)44/h3-26H,1-2H3. The van der Waals surface area contributed by atoms with Gasteiger partial charge in [0.15, 0.2) is 0 Å². The van der Waals surface area contributed by atoms with E-state index in [0.29, 0.717) is 0 Å². The van der Waals surface area contributed by atoms with Crippen molar-refractivity contribution in [1.29, 1.82) is 0 Å². The number of hydrogen-bond acceptors (Lipinski definition) is 1. The SMILES string of the molecule is CC1(C)c2ccccc2-c2c(-c3ccc4c(c3)C3(c5cc6ccccc6cc5O4)c4ccccc4-c4ccccc43)cccc21. The quantitative estimate of drug-likeness (QED) is 0.189. The van der Waals surface area contributed by atoms with Gasteiger partial charge in [-0.25, -0.2) is 0 Å². The molecule has 1 heterocycles. The average molecular weight is 575 g/mol. The largest absolute Gasteiger partial charge is 0.457 e. The van der Waals surface area contributed by atoms with Crippen LogP contribution in [0, 0.1) is 0 Å². The Morgan fingerprint density at radius 3 is 1.69 bits per heavy atom. The van der Waals surface area contributed by atoms with Crippen molar-refractivity contribution < 1.29 is 4.74 Å². The molecule has 7 aromatic carbocycles. The van der Waals surface area contributed by atoms with Gasteiger partial charge in [-0.05, 0) is 90.7 Å². The first-order chi connectivity index (χ1) is 22.1. The smallest absolute Gasteiger partial charge is 0.132 e. The summed E-state index contributed by atoms with van der Waals surface area (Å²) in [5, 5.41) is 2.41. The maximum Gasteiger partial charge on any atom is 0.132 e. The Balaban J connectivity index is 1.31. The van der Waals surface area contributed by atoms with E-state index in [2.05, 4.69) is 159 Å². The van der Waals surface area contributed by atoms with Crippen LogP contribution in [0.4, 0.5) is 0 Å². The second-order valence-corrected chi connectivity index (χ2v) is 13.2. The molecule has 0 aromatic heterocycles. The highest BCUT2D eigenvalue weighted by atomic mass is 16.5. The molecule has 0 radical (unpaired) electrons. The minimum absolute atomic E-state index is 0.0518. The highest BCUT2D eigenvalue weighted by Crippen LogP contribution is 2.63. The molecule has 0 atom stereocenters. The fraction of sp³-hybridized carbons (Fsp3) is 0.0909. The van der Waals surface area contributed by atoms with E-state index in [4.69, 9.17) is 4.74 Å². The van der Waals surface area contributed by atoms with E-state index in [9.17, 15) is 0 Å². The Kier molecular flexibility index (Phi) is 4.78. The highest BCUT2D eigenvalue weighted by Gasteiger charge is 2.51. The third kappa shape index (κ3) is 3.08. The van der Waals surface area contributed by atoms with Crippen LogP contribution in [0.1, 0.15) is 47.2 Å². The number of benzene rings is 7. The van der Waals surface area contributed by atoms with Gasteiger partial charge in [0.05, 0.1) is 5.41 Å². The van der Waals surface area contributed by atoms with Crippen molar-refractivity contribution in [2.24, 2.45) is 0 Å². The molecule has 2 aliphatic carbocycles. The van der Waals surface area contributed by atoms with Crippen molar-refractivity contribution in [2.45, 2.75) is 24.7 Å². The Labute approximate surface area is 263 Å². The second kappa shape index (κ2) is 8.61. The van der Waals surface area contributed by atoms with Crippen LogP contribution >= 0.6 is 0 Å². The van der Waals surface area contributed by atoms with Crippen molar-refractivity contribution in [2.75, 3.05) is 0 Å². The second-order valence-electron chi connectivity index (χ2n) is 13.2. The van der Waals surface area contributed by atoms with Gasteiger partial charge in [-0.3, -0.25) is 0 Å². The summed E-state index contributed by atoms with van der Waals surface area (Å²) >= 11 is 0. The van der Waals surface area contributed by atoms with Crippen molar-refractivity contribution in [3.63, 3.8) is 0 Å². The van der Waals surface area contributed by atoms with Crippen LogP contribution in [0.25, 0.3) is 44.2 Å². The van der Waals surface area contributed by atoms with Gasteiger partial charge in [0.2, 0.25) is 0 Å². The third-order valence-electron chi connectivity index (χ3n) is 10.7. The lowest BCUT2D eigenvalue weighted by Gasteiger charge is -2.40. The van der Waals surface area contributed by atoms with Crippen LogP contribution in [0.5, 0.6) is 11.5 Å². The summed E-state index contributed by atoms with van der Waals surface area (Å²) in [5.41, 5.74) is 15.0. The molecule has 0 N–H and O–H groups in total. The Morgan fingerprint density at radius 2 is 0.956 bits per heavy atom. The van der Waals surface area contributed by atoms with Crippen LogP contribution in [0.15, 0.2) is 146 Å². The molecule has 0 bridgehead atoms. The molecular weight excluding hydrogens is 544 g/mol. The topological polar surface area (TPSA) is 9.23 Å². The van der Waals surface area contributed by atoms with Gasteiger partial charge >= 0.3 is 0 Å². The highest BCUT2D eigenvalue weighted by molar-refractivity contribution is 5.95. The summed E-state index contributed by atoms with van der Waals surface area (Å²) in [6.07, 6.45) is 0. The molecule has 1 nitrogen and oxygen atoms in total. The molecule has 0 saturated carbocycles. The van der Waals surface area contributed by atoms with Crippen LogP contribution in [0.3, 0.4) is 0 Å². The lowest BCUT2D eigenvalue weighted by atomic mass is 9.65. The molecule has 1 aliphatic heterocycles. The summed E-state index contributed by atoms with van der Waals surface area (Å²) in [7, 11) is 0. The van der Waals surface area contributed by atoms with Crippen molar-refractivity contribution in [3.8, 4) is 44.9 Å². The predicted octanol–water partition coefficient (Wildman–Crippen LogP) is 11.3. The first-order valence-electron chi connectivity index (χ1n) is 15.9. The molecule has 0 saturated heterocycles. The van der Waals surface area contributed by atoms with Gasteiger partial charge in [-0.1, -0.05) is 135 Å². The van der Waals surface area contributed by atoms with E-state index < -0.39 is 5.41 Å². The fourth-order valence-corrected chi connectivity index (χ4v) is 8.75. The van der Waals surface area contributed by atoms with E-state index in [0.717, 1.165) is 11.5 Å². The molecule has 1 heteroatoms. The zero-order valence-electron chi connectivity index (χ0n) is 25.3. The van der Waals surface area contributed by atoms with E-state index in [1.807, 2.05) is 0 Å². The summed E-state index contributed by atoms with van der Waals surface area (Å²) in [4.78, 5) is 0. The predicted molar refractivity (Wildman–Crippen MR) is 184 cm³/mol. The van der Waals surface area contributed by atoms with Crippen LogP contribution in [0.2, 0.25) is 0 Å². The van der Waals surface area contributed by atoms with Gasteiger partial charge in [-0.15, -0.1) is 0 Å². The fourth-order valence-electron chi connectivity index (χ4n) is 8.75. The lowest BCUT2D eigenvalue weighted by molar-refractivity contribution is 0.437. The average Bonchev–Trinajstić information content (AvgIpc) is 3.51. The summed E-state index contributed by atoms with van der Waals surface area (Å²) < 4.78 is 6.88. The normalized spacial score (nSPS) is 15.4. The van der Waals surface area contributed by atoms with Gasteiger partial charge in [0.25, 0.3) is 0 Å². The van der Waals surface area contributed by atoms with Gasteiger partial charge in [0.1, 0.15) is 11.5 Å². The first kappa shape index (κ1) is 25.0. The Morgan fingerprint density at radius 1 is 0.400 bits per heavy atom. The van der Waals surface area contributed by atoms with Gasteiger partial charge < -0.3 is 4.74 Å². The molecule has 3 aliphatic rings. The van der Waals surface area contributed by atoms with Crippen LogP contribution < -0.4 is 4.74 Å². The van der Waals surface area contributed by atoms with E-state index in [-0.39, 0.29) is 5.41 Å². The summed E-state index contributed by atoms with van der Waals surface area (Å²) in [6, 6.07) is 53.8. The monoisotopic (exact) mass is 574 g/mol. The minimum atomic E-state index is -0.509. The van der Waals surface area contributed by atoms with E-state index >= 15 is 0 Å². The molecule has 0 fully saturated rings. The molecule has 0 unspecified atom stereocenters. The third-order valence-corrected chi connectivity index (χ3v) is 10.7. The number of ether oxygens (including phenoxy) is 1. The molecule has 45 heavy (non-hydrogen) atoms. The zero-order chi connectivity index (χ0) is 29.9. The maximum absolute atomic E-state index is 6.88. The van der Waals surface area contributed by atoms with Crippen LogP contribution in [-0.2, 0) is 10.8 Å². The van der Waals surface area contributed by atoms with Crippen molar-refractivity contribution in [3.05, 3.63) is 179 Å². The van der Waals surface area contributed by atoms with Crippen molar-refractivity contribution >= 4 is 10.8 Å². The lowest BCUT2D eigenvalue weighted by Crippen LogP contribution is -2.32. The van der Waals surface area contributed by atoms with Gasteiger partial charge in [0, 0.05) is 16.5 Å². The minimum Gasteiger partial charge on any atom is -0.457 e. The summed E-state index contributed by atoms with van der Waals surface area (Å²) in [6.45, 7) is 4.70. The zero-order valence-corrected chi connectivity index (χ0v) is 25.3. The molecule has 10 rings (SSSR count).